The Morgan fingerprint density at radius 3 is 3.08 bits per heavy atom. The zero-order valence-corrected chi connectivity index (χ0v) is 7.16. The van der Waals surface area contributed by atoms with Crippen molar-refractivity contribution >= 4 is 5.65 Å². The smallest absolute Gasteiger partial charge is 0.183 e. The average Bonchev–Trinajstić information content (AvgIpc) is 2.87. The topological polar surface area (TPSA) is 37.3 Å². The molecule has 13 heavy (non-hydrogen) atoms. The summed E-state index contributed by atoms with van der Waals surface area (Å²) in [4.78, 5) is 14.3. The second kappa shape index (κ2) is 2.25. The highest BCUT2D eigenvalue weighted by Crippen LogP contribution is 2.39. The van der Waals surface area contributed by atoms with Crippen LogP contribution in [0, 0.1) is 0 Å². The van der Waals surface area contributed by atoms with Gasteiger partial charge in [-0.15, -0.1) is 0 Å². The Morgan fingerprint density at radius 2 is 2.31 bits per heavy atom. The van der Waals surface area contributed by atoms with Crippen LogP contribution < -0.4 is 5.43 Å². The summed E-state index contributed by atoms with van der Waals surface area (Å²) in [6.45, 7) is 0. The number of fused-ring (bicyclic) bond motifs is 1. The van der Waals surface area contributed by atoms with Crippen LogP contribution in [0.25, 0.3) is 5.65 Å². The first-order chi connectivity index (χ1) is 6.33. The summed E-state index contributed by atoms with van der Waals surface area (Å²) in [5, 5.41) is 0. The summed E-state index contributed by atoms with van der Waals surface area (Å²) in [6.07, 6.45) is 6.43. The van der Waals surface area contributed by atoms with E-state index in [0.717, 1.165) is 5.65 Å². The minimum absolute atomic E-state index is 0.0594. The van der Waals surface area contributed by atoms with Gasteiger partial charge in [0.15, 0.2) is 5.43 Å². The van der Waals surface area contributed by atoms with Gasteiger partial charge in [0.2, 0.25) is 0 Å². The minimum Gasteiger partial charge on any atom is -0.343 e. The van der Waals surface area contributed by atoms with Crippen LogP contribution in [0.5, 0.6) is 0 Å². The summed E-state index contributed by atoms with van der Waals surface area (Å²) < 4.78 is 1.97. The monoisotopic (exact) mass is 174 g/mol. The number of nitrogens with one attached hydrogen (secondary N) is 1. The maximum absolute atomic E-state index is 11.0. The van der Waals surface area contributed by atoms with Crippen LogP contribution in [0.15, 0.2) is 29.3 Å². The van der Waals surface area contributed by atoms with E-state index in [1.54, 1.807) is 18.3 Å². The van der Waals surface area contributed by atoms with Gasteiger partial charge in [0, 0.05) is 36.1 Å². The van der Waals surface area contributed by atoms with Crippen molar-refractivity contribution in [1.29, 1.82) is 0 Å². The van der Waals surface area contributed by atoms with Crippen LogP contribution in [-0.4, -0.2) is 9.38 Å². The van der Waals surface area contributed by atoms with Gasteiger partial charge in [-0.2, -0.15) is 0 Å². The van der Waals surface area contributed by atoms with Crippen molar-refractivity contribution in [3.63, 3.8) is 0 Å². The van der Waals surface area contributed by atoms with Crippen molar-refractivity contribution in [1.82, 2.24) is 9.38 Å². The zero-order valence-electron chi connectivity index (χ0n) is 7.16. The molecule has 0 aromatic carbocycles. The minimum atomic E-state index is 0.0594. The molecule has 1 N–H and O–H groups in total. The molecule has 3 heteroatoms. The Bertz CT molecular complexity index is 505. The molecule has 1 aliphatic rings. The Hall–Kier alpha value is -1.51. The molecule has 0 radical (unpaired) electrons. The second-order valence-corrected chi connectivity index (χ2v) is 3.64. The van der Waals surface area contributed by atoms with E-state index < -0.39 is 0 Å². The Labute approximate surface area is 75.0 Å². The van der Waals surface area contributed by atoms with E-state index in [0.29, 0.717) is 5.92 Å². The van der Waals surface area contributed by atoms with Crippen LogP contribution in [0.3, 0.4) is 0 Å². The van der Waals surface area contributed by atoms with E-state index in [9.17, 15) is 4.79 Å². The first-order valence-electron chi connectivity index (χ1n) is 4.54. The number of rotatable bonds is 1. The normalized spacial score (nSPS) is 16.6. The maximum Gasteiger partial charge on any atom is 0.183 e. The van der Waals surface area contributed by atoms with Crippen LogP contribution in [0.2, 0.25) is 0 Å². The number of pyridine rings is 1. The quantitative estimate of drug-likeness (QED) is 0.699. The van der Waals surface area contributed by atoms with Gasteiger partial charge in [-0.1, -0.05) is 0 Å². The highest BCUT2D eigenvalue weighted by atomic mass is 16.1. The van der Waals surface area contributed by atoms with Gasteiger partial charge in [-0.25, -0.2) is 0 Å². The SMILES string of the molecule is O=c1ccn2cc(C3CC3)[nH]c2c1. The number of hydrogen-bond donors (Lipinski definition) is 1. The lowest BCUT2D eigenvalue weighted by Crippen LogP contribution is -1.97. The number of aromatic amines is 1. The first kappa shape index (κ1) is 6.95. The maximum atomic E-state index is 11.0. The van der Waals surface area contributed by atoms with Crippen LogP contribution in [0.1, 0.15) is 24.5 Å². The summed E-state index contributed by atoms with van der Waals surface area (Å²) in [6, 6.07) is 3.21. The Kier molecular flexibility index (Phi) is 1.20. The Morgan fingerprint density at radius 1 is 1.46 bits per heavy atom. The molecule has 1 saturated carbocycles. The molecule has 0 unspecified atom stereocenters. The molecule has 0 spiro atoms. The van der Waals surface area contributed by atoms with Crippen molar-refractivity contribution in [3.8, 4) is 0 Å². The van der Waals surface area contributed by atoms with E-state index in [1.807, 2.05) is 4.40 Å². The molecule has 0 saturated heterocycles. The molecule has 0 aliphatic heterocycles. The Balaban J connectivity index is 2.26. The van der Waals surface area contributed by atoms with Gasteiger partial charge in [0.1, 0.15) is 5.65 Å². The third kappa shape index (κ3) is 1.08. The van der Waals surface area contributed by atoms with Crippen LogP contribution >= 0.6 is 0 Å². The molecule has 0 amide bonds. The van der Waals surface area contributed by atoms with Crippen molar-refractivity contribution in [2.45, 2.75) is 18.8 Å². The lowest BCUT2D eigenvalue weighted by molar-refractivity contribution is 1.06. The molecule has 2 aromatic rings. The van der Waals surface area contributed by atoms with Crippen molar-refractivity contribution in [2.24, 2.45) is 0 Å². The van der Waals surface area contributed by atoms with E-state index >= 15 is 0 Å². The standard InChI is InChI=1S/C10H10N2O/c13-8-3-4-12-6-9(7-1-2-7)11-10(12)5-8/h3-7,11H,1-2H2. The number of nitrogens with zero attached hydrogens (tertiary/aromatic N) is 1. The molecule has 66 valence electrons. The highest BCUT2D eigenvalue weighted by Gasteiger charge is 2.25. The summed E-state index contributed by atoms with van der Waals surface area (Å²) in [5.74, 6) is 0.704. The number of hydrogen-bond acceptors (Lipinski definition) is 1. The molecule has 0 bridgehead atoms. The fourth-order valence-corrected chi connectivity index (χ4v) is 1.64. The van der Waals surface area contributed by atoms with Gasteiger partial charge in [0.25, 0.3) is 0 Å². The fraction of sp³-hybridized carbons (Fsp3) is 0.300. The first-order valence-corrected chi connectivity index (χ1v) is 4.54. The predicted molar refractivity (Wildman–Crippen MR) is 50.0 cm³/mol. The number of aromatic nitrogens is 2. The van der Waals surface area contributed by atoms with Crippen LogP contribution in [0.4, 0.5) is 0 Å². The summed E-state index contributed by atoms with van der Waals surface area (Å²) in [7, 11) is 0. The second-order valence-electron chi connectivity index (χ2n) is 3.64. The molecule has 1 fully saturated rings. The predicted octanol–water partition coefficient (Wildman–Crippen LogP) is 1.50. The highest BCUT2D eigenvalue weighted by molar-refractivity contribution is 5.40. The zero-order chi connectivity index (χ0) is 8.84. The molecule has 2 heterocycles. The van der Waals surface area contributed by atoms with Gasteiger partial charge in [-0.3, -0.25) is 4.79 Å². The summed E-state index contributed by atoms with van der Waals surface area (Å²) in [5.41, 5.74) is 2.21. The molecular formula is C10H10N2O. The van der Waals surface area contributed by atoms with Crippen molar-refractivity contribution in [2.75, 3.05) is 0 Å². The fourth-order valence-electron chi connectivity index (χ4n) is 1.64. The van der Waals surface area contributed by atoms with E-state index in [-0.39, 0.29) is 5.43 Å². The summed E-state index contributed by atoms with van der Waals surface area (Å²) >= 11 is 0. The number of H-pyrrole nitrogens is 1. The van der Waals surface area contributed by atoms with Gasteiger partial charge < -0.3 is 9.38 Å². The lowest BCUT2D eigenvalue weighted by Gasteiger charge is -1.87. The molecular weight excluding hydrogens is 164 g/mol. The third-order valence-corrected chi connectivity index (χ3v) is 2.52. The van der Waals surface area contributed by atoms with Gasteiger partial charge in [-0.05, 0) is 12.8 Å². The van der Waals surface area contributed by atoms with Crippen molar-refractivity contribution < 1.29 is 0 Å². The van der Waals surface area contributed by atoms with E-state index in [1.165, 1.54) is 18.5 Å². The van der Waals surface area contributed by atoms with Gasteiger partial charge >= 0.3 is 0 Å². The van der Waals surface area contributed by atoms with Crippen LogP contribution in [-0.2, 0) is 0 Å². The number of imidazole rings is 1. The van der Waals surface area contributed by atoms with Crippen molar-refractivity contribution in [3.05, 3.63) is 40.4 Å². The molecule has 0 atom stereocenters. The van der Waals surface area contributed by atoms with E-state index in [2.05, 4.69) is 11.2 Å². The lowest BCUT2D eigenvalue weighted by atomic mass is 10.3. The van der Waals surface area contributed by atoms with Gasteiger partial charge in [0.05, 0.1) is 0 Å². The average molecular weight is 174 g/mol. The largest absolute Gasteiger partial charge is 0.343 e. The molecule has 3 rings (SSSR count). The molecule has 2 aromatic heterocycles. The third-order valence-electron chi connectivity index (χ3n) is 2.52. The molecule has 1 aliphatic carbocycles. The van der Waals surface area contributed by atoms with E-state index in [4.69, 9.17) is 0 Å². The molecule has 3 nitrogen and oxygen atoms in total.